The summed E-state index contributed by atoms with van der Waals surface area (Å²) >= 11 is 0. The molecule has 0 saturated carbocycles. The Balaban J connectivity index is 2.16. The normalized spacial score (nSPS) is 10.7. The van der Waals surface area contributed by atoms with Gasteiger partial charge in [-0.05, 0) is 64.4 Å². The third kappa shape index (κ3) is 7.59. The van der Waals surface area contributed by atoms with E-state index in [4.69, 9.17) is 14.5 Å². The molecular weight excluding hydrogens is 522 g/mol. The number of carbonyl (C=O) groups excluding carboxylic acids is 2. The van der Waals surface area contributed by atoms with E-state index in [1.807, 2.05) is 50.2 Å². The van der Waals surface area contributed by atoms with Crippen LogP contribution in [0.1, 0.15) is 45.9 Å². The van der Waals surface area contributed by atoms with Crippen LogP contribution in [0.5, 0.6) is 11.5 Å². The molecule has 0 atom stereocenters. The lowest BCUT2D eigenvalue weighted by Gasteiger charge is -2.29. The molecule has 0 bridgehead atoms. The summed E-state index contributed by atoms with van der Waals surface area (Å²) in [5, 5.41) is 16.8. The maximum Gasteiger partial charge on any atom is 0.419 e. The van der Waals surface area contributed by atoms with Crippen molar-refractivity contribution in [3.05, 3.63) is 59.8 Å². The van der Waals surface area contributed by atoms with Gasteiger partial charge < -0.3 is 30.1 Å². The lowest BCUT2D eigenvalue weighted by molar-refractivity contribution is -0.118. The number of carbonyl (C=O) groups is 2. The zero-order valence-electron chi connectivity index (χ0n) is 24.9. The Labute approximate surface area is 242 Å². The van der Waals surface area contributed by atoms with Gasteiger partial charge in [-0.2, -0.15) is 0 Å². The number of aryl methyl sites for hydroxylation is 2. The summed E-state index contributed by atoms with van der Waals surface area (Å²) in [5.74, 6) is 0.718. The second-order valence-electron chi connectivity index (χ2n) is 9.75. The summed E-state index contributed by atoms with van der Waals surface area (Å²) < 4.78 is 11.2. The number of ether oxygens (including phenoxy) is 2. The average molecular weight is 564 g/mol. The number of hydrogen-bond acceptors (Lipinski definition) is 8. The number of anilines is 5. The van der Waals surface area contributed by atoms with E-state index in [0.29, 0.717) is 28.5 Å². The fourth-order valence-corrected chi connectivity index (χ4v) is 4.34. The van der Waals surface area contributed by atoms with Gasteiger partial charge in [-0.3, -0.25) is 4.79 Å². The van der Waals surface area contributed by atoms with Crippen LogP contribution in [0.3, 0.4) is 0 Å². The van der Waals surface area contributed by atoms with Gasteiger partial charge in [0, 0.05) is 25.1 Å². The van der Waals surface area contributed by atoms with Crippen molar-refractivity contribution >= 4 is 40.6 Å². The first-order valence-corrected chi connectivity index (χ1v) is 13.9. The van der Waals surface area contributed by atoms with Crippen molar-refractivity contribution < 1.29 is 24.2 Å². The van der Waals surface area contributed by atoms with Gasteiger partial charge in [0.05, 0.1) is 35.1 Å². The zero-order chi connectivity index (χ0) is 30.1. The highest BCUT2D eigenvalue weighted by Gasteiger charge is 2.29. The van der Waals surface area contributed by atoms with Crippen LogP contribution in [0, 0.1) is 19.8 Å². The minimum atomic E-state index is -0.645. The number of nitrogens with one attached hydrogen (secondary N) is 2. The molecule has 0 aliphatic carbocycles. The predicted octanol–water partition coefficient (Wildman–Crippen LogP) is 6.59. The molecule has 10 nitrogen and oxygen atoms in total. The number of hydrogen-bond donors (Lipinski definition) is 3. The smallest absolute Gasteiger partial charge is 0.419 e. The van der Waals surface area contributed by atoms with E-state index < -0.39 is 6.09 Å². The standard InChI is InChI=1S/C31H41N5O5/c1-8-35(9-2)28-16-21(6)29(22(7)33-28)36(31(39)40-10-3)26-17-25(32-19-41-23-14-12-11-13-15-23)27(37)18-24(26)34-30(38)20(4)5/h11-18,20,32,37H,8-10,19H2,1-7H3,(H,34,38). The molecule has 0 aliphatic rings. The summed E-state index contributed by atoms with van der Waals surface area (Å²) in [6.45, 7) is 14.9. The Morgan fingerprint density at radius 1 is 1.00 bits per heavy atom. The Bertz CT molecular complexity index is 1320. The average Bonchev–Trinajstić information content (AvgIpc) is 2.93. The highest BCUT2D eigenvalue weighted by atomic mass is 16.6. The number of aromatic nitrogens is 1. The van der Waals surface area contributed by atoms with Gasteiger partial charge in [0.25, 0.3) is 0 Å². The van der Waals surface area contributed by atoms with E-state index in [-0.39, 0.29) is 36.6 Å². The molecule has 220 valence electrons. The topological polar surface area (TPSA) is 116 Å². The first-order chi connectivity index (χ1) is 19.6. The van der Waals surface area contributed by atoms with Crippen molar-refractivity contribution in [2.45, 2.75) is 48.5 Å². The number of nitrogens with zero attached hydrogens (tertiary/aromatic N) is 3. The van der Waals surface area contributed by atoms with Crippen molar-refractivity contribution in [1.82, 2.24) is 4.98 Å². The molecule has 2 aromatic carbocycles. The van der Waals surface area contributed by atoms with Gasteiger partial charge in [0.1, 0.15) is 17.3 Å². The van der Waals surface area contributed by atoms with Gasteiger partial charge in [0.2, 0.25) is 5.91 Å². The van der Waals surface area contributed by atoms with Crippen LogP contribution < -0.4 is 25.2 Å². The fraction of sp³-hybridized carbons (Fsp3) is 0.387. The molecule has 0 radical (unpaired) electrons. The summed E-state index contributed by atoms with van der Waals surface area (Å²) in [6.07, 6.45) is -0.645. The van der Waals surface area contributed by atoms with Gasteiger partial charge in [-0.25, -0.2) is 14.7 Å². The van der Waals surface area contributed by atoms with Crippen LogP contribution in [0.4, 0.5) is 33.4 Å². The third-order valence-corrected chi connectivity index (χ3v) is 6.49. The number of pyridine rings is 1. The van der Waals surface area contributed by atoms with E-state index in [1.54, 1.807) is 26.8 Å². The highest BCUT2D eigenvalue weighted by Crippen LogP contribution is 2.42. The Hall–Kier alpha value is -4.47. The molecule has 41 heavy (non-hydrogen) atoms. The van der Waals surface area contributed by atoms with Crippen molar-refractivity contribution in [3.8, 4) is 11.5 Å². The molecule has 0 spiro atoms. The van der Waals surface area contributed by atoms with Gasteiger partial charge in [0.15, 0.2) is 6.73 Å². The first-order valence-electron chi connectivity index (χ1n) is 13.9. The summed E-state index contributed by atoms with van der Waals surface area (Å²) in [5.41, 5.74) is 2.78. The van der Waals surface area contributed by atoms with Crippen molar-refractivity contribution in [1.29, 1.82) is 0 Å². The SMILES string of the molecule is CCOC(=O)N(c1cc(NCOc2ccccc2)c(O)cc1NC(=O)C(C)C)c1c(C)cc(N(CC)CC)nc1C. The van der Waals surface area contributed by atoms with Gasteiger partial charge in [-0.15, -0.1) is 0 Å². The van der Waals surface area contributed by atoms with Crippen LogP contribution in [0.25, 0.3) is 0 Å². The monoisotopic (exact) mass is 563 g/mol. The Kier molecular flexibility index (Phi) is 10.8. The highest BCUT2D eigenvalue weighted by molar-refractivity contribution is 6.05. The number of para-hydroxylation sites is 1. The lowest BCUT2D eigenvalue weighted by Crippen LogP contribution is -2.31. The number of phenols is 1. The minimum absolute atomic E-state index is 0.0479. The molecule has 3 aromatic rings. The second kappa shape index (κ2) is 14.2. The molecule has 0 unspecified atom stereocenters. The maximum atomic E-state index is 13.6. The Morgan fingerprint density at radius 3 is 2.27 bits per heavy atom. The van der Waals surface area contributed by atoms with Gasteiger partial charge >= 0.3 is 6.09 Å². The number of rotatable bonds is 12. The third-order valence-electron chi connectivity index (χ3n) is 6.49. The van der Waals surface area contributed by atoms with Crippen molar-refractivity contribution in [2.75, 3.05) is 46.9 Å². The number of benzene rings is 2. The summed E-state index contributed by atoms with van der Waals surface area (Å²) in [4.78, 5) is 34.7. The molecule has 1 aromatic heterocycles. The van der Waals surface area contributed by atoms with Crippen LogP contribution in [-0.2, 0) is 9.53 Å². The van der Waals surface area contributed by atoms with Crippen LogP contribution in [-0.4, -0.2) is 48.5 Å². The van der Waals surface area contributed by atoms with E-state index >= 15 is 0 Å². The van der Waals surface area contributed by atoms with E-state index in [0.717, 1.165) is 24.5 Å². The molecule has 1 heterocycles. The number of amides is 2. The Morgan fingerprint density at radius 2 is 1.68 bits per heavy atom. The summed E-state index contributed by atoms with van der Waals surface area (Å²) in [7, 11) is 0. The van der Waals surface area contributed by atoms with Crippen LogP contribution >= 0.6 is 0 Å². The largest absolute Gasteiger partial charge is 0.506 e. The van der Waals surface area contributed by atoms with Crippen molar-refractivity contribution in [3.63, 3.8) is 0 Å². The van der Waals surface area contributed by atoms with Crippen LogP contribution in [0.15, 0.2) is 48.5 Å². The molecule has 10 heteroatoms. The quantitative estimate of drug-likeness (QED) is 0.167. The molecule has 0 saturated heterocycles. The minimum Gasteiger partial charge on any atom is -0.506 e. The fourth-order valence-electron chi connectivity index (χ4n) is 4.34. The molecule has 3 N–H and O–H groups in total. The molecule has 2 amide bonds. The number of phenolic OH excluding ortho intramolecular Hbond substituents is 1. The van der Waals surface area contributed by atoms with Crippen molar-refractivity contribution in [2.24, 2.45) is 5.92 Å². The summed E-state index contributed by atoms with van der Waals surface area (Å²) in [6, 6.07) is 14.2. The predicted molar refractivity (Wildman–Crippen MR) is 164 cm³/mol. The molecular formula is C31H41N5O5. The zero-order valence-corrected chi connectivity index (χ0v) is 24.9. The number of aromatic hydroxyl groups is 1. The second-order valence-corrected chi connectivity index (χ2v) is 9.75. The van der Waals surface area contributed by atoms with E-state index in [1.165, 1.54) is 11.0 Å². The molecule has 0 fully saturated rings. The van der Waals surface area contributed by atoms with E-state index in [9.17, 15) is 14.7 Å². The van der Waals surface area contributed by atoms with Crippen LogP contribution in [0.2, 0.25) is 0 Å². The van der Waals surface area contributed by atoms with Gasteiger partial charge in [-0.1, -0.05) is 32.0 Å². The first kappa shape index (κ1) is 31.1. The maximum absolute atomic E-state index is 13.6. The van der Waals surface area contributed by atoms with E-state index in [2.05, 4.69) is 29.4 Å². The lowest BCUT2D eigenvalue weighted by atomic mass is 10.1. The molecule has 0 aliphatic heterocycles. The molecule has 3 rings (SSSR count).